The van der Waals surface area contributed by atoms with Crippen LogP contribution in [0.2, 0.25) is 0 Å². The van der Waals surface area contributed by atoms with Gasteiger partial charge in [-0.2, -0.15) is 5.10 Å². The number of nitrogens with zero attached hydrogens (tertiary/aromatic N) is 1. The van der Waals surface area contributed by atoms with Gasteiger partial charge in [-0.3, -0.25) is 4.79 Å². The predicted molar refractivity (Wildman–Crippen MR) is 123 cm³/mol. The van der Waals surface area contributed by atoms with Gasteiger partial charge >= 0.3 is 0 Å². The monoisotopic (exact) mass is 496 g/mol. The van der Waals surface area contributed by atoms with Crippen LogP contribution in [0.1, 0.15) is 15.7 Å². The number of methoxy groups -OCH3 is 2. The summed E-state index contributed by atoms with van der Waals surface area (Å²) in [6.45, 7) is -0.118. The zero-order chi connectivity index (χ0) is 20.6. The number of hydrazone groups is 1. The average Bonchev–Trinajstić information content (AvgIpc) is 3.28. The Morgan fingerprint density at radius 1 is 1.17 bits per heavy atom. The quantitative estimate of drug-likeness (QED) is 0.429. The van der Waals surface area contributed by atoms with Crippen molar-refractivity contribution in [1.29, 1.82) is 0 Å². The van der Waals surface area contributed by atoms with Gasteiger partial charge in [-0.1, -0.05) is 12.1 Å². The van der Waals surface area contributed by atoms with Gasteiger partial charge in [0.1, 0.15) is 17.2 Å². The lowest BCUT2D eigenvalue weighted by atomic mass is 10.2. The highest BCUT2D eigenvalue weighted by Crippen LogP contribution is 2.45. The van der Waals surface area contributed by atoms with Crippen molar-refractivity contribution in [2.75, 3.05) is 32.3 Å². The molecule has 1 aliphatic heterocycles. The third-order valence-electron chi connectivity index (χ3n) is 4.04. The Hall–Kier alpha value is -1.84. The van der Waals surface area contributed by atoms with Crippen LogP contribution in [0, 0.1) is 0 Å². The molecule has 1 fully saturated rings. The number of hydrogen-bond donors (Lipinski definition) is 1. The van der Waals surface area contributed by atoms with Crippen LogP contribution in [-0.4, -0.2) is 44.5 Å². The van der Waals surface area contributed by atoms with Crippen molar-refractivity contribution in [2.45, 2.75) is 4.58 Å². The van der Waals surface area contributed by atoms with Crippen molar-refractivity contribution < 1.29 is 19.0 Å². The van der Waals surface area contributed by atoms with Gasteiger partial charge in [0.25, 0.3) is 5.91 Å². The lowest BCUT2D eigenvalue weighted by molar-refractivity contribution is -0.123. The van der Waals surface area contributed by atoms with Gasteiger partial charge in [0.15, 0.2) is 6.61 Å². The van der Waals surface area contributed by atoms with Crippen LogP contribution in [0.15, 0.2) is 46.0 Å². The SMILES string of the molecule is COc1cc(OC)c(/C=N\NC(=O)COc2ccc(C3SCCS3)cc2)cc1Br. The molecule has 1 heterocycles. The molecular weight excluding hydrogens is 476 g/mol. The smallest absolute Gasteiger partial charge is 0.277 e. The molecular formula is C20H21BrN2O4S2. The molecule has 0 bridgehead atoms. The van der Waals surface area contributed by atoms with E-state index >= 15 is 0 Å². The minimum Gasteiger partial charge on any atom is -0.496 e. The van der Waals surface area contributed by atoms with Crippen molar-refractivity contribution in [3.63, 3.8) is 0 Å². The number of thioether (sulfide) groups is 2. The fourth-order valence-electron chi connectivity index (χ4n) is 2.61. The molecule has 2 aromatic rings. The summed E-state index contributed by atoms with van der Waals surface area (Å²) in [5.74, 6) is 3.91. The minimum absolute atomic E-state index is 0.118. The number of benzene rings is 2. The number of ether oxygens (including phenoxy) is 3. The molecule has 0 saturated carbocycles. The van der Waals surface area contributed by atoms with E-state index in [-0.39, 0.29) is 12.5 Å². The third kappa shape index (κ3) is 6.07. The summed E-state index contributed by atoms with van der Waals surface area (Å²) in [4.78, 5) is 12.0. The molecule has 3 rings (SSSR count). The molecule has 0 radical (unpaired) electrons. The number of hydrogen-bond acceptors (Lipinski definition) is 7. The van der Waals surface area contributed by atoms with E-state index < -0.39 is 0 Å². The summed E-state index contributed by atoms with van der Waals surface area (Å²) in [5, 5.41) is 3.97. The largest absolute Gasteiger partial charge is 0.496 e. The lowest BCUT2D eigenvalue weighted by Crippen LogP contribution is -2.24. The summed E-state index contributed by atoms with van der Waals surface area (Å²) < 4.78 is 17.3. The first-order valence-electron chi connectivity index (χ1n) is 8.80. The van der Waals surface area contributed by atoms with Gasteiger partial charge in [-0.25, -0.2) is 5.43 Å². The van der Waals surface area contributed by atoms with Gasteiger partial charge in [0, 0.05) is 23.1 Å². The van der Waals surface area contributed by atoms with E-state index in [0.717, 1.165) is 4.47 Å². The van der Waals surface area contributed by atoms with Gasteiger partial charge in [0.2, 0.25) is 0 Å². The van der Waals surface area contributed by atoms with Crippen molar-refractivity contribution >= 4 is 51.6 Å². The van der Waals surface area contributed by atoms with Crippen molar-refractivity contribution in [3.05, 3.63) is 52.0 Å². The van der Waals surface area contributed by atoms with E-state index in [1.165, 1.54) is 23.3 Å². The van der Waals surface area contributed by atoms with E-state index in [1.54, 1.807) is 26.4 Å². The Morgan fingerprint density at radius 3 is 2.52 bits per heavy atom. The highest BCUT2D eigenvalue weighted by Gasteiger charge is 2.18. The molecule has 9 heteroatoms. The summed E-state index contributed by atoms with van der Waals surface area (Å²) >= 11 is 7.33. The molecule has 1 N–H and O–H groups in total. The summed E-state index contributed by atoms with van der Waals surface area (Å²) in [7, 11) is 3.13. The van der Waals surface area contributed by atoms with E-state index in [0.29, 0.717) is 27.4 Å². The van der Waals surface area contributed by atoms with E-state index in [2.05, 4.69) is 38.6 Å². The molecule has 0 unspecified atom stereocenters. The Kier molecular flexibility index (Phi) is 8.14. The summed E-state index contributed by atoms with van der Waals surface area (Å²) in [5.41, 5.74) is 4.42. The first kappa shape index (κ1) is 21.9. The second-order valence-corrected chi connectivity index (χ2v) is 9.53. The van der Waals surface area contributed by atoms with Crippen molar-refractivity contribution in [3.8, 4) is 17.2 Å². The highest BCUT2D eigenvalue weighted by molar-refractivity contribution is 9.10. The van der Waals surface area contributed by atoms with Crippen LogP contribution in [0.25, 0.3) is 0 Å². The maximum Gasteiger partial charge on any atom is 0.277 e. The van der Waals surface area contributed by atoms with Gasteiger partial charge < -0.3 is 14.2 Å². The van der Waals surface area contributed by atoms with Crippen LogP contribution in [-0.2, 0) is 4.79 Å². The number of halogens is 1. The second-order valence-electron chi connectivity index (χ2n) is 5.95. The Balaban J connectivity index is 1.50. The standard InChI is InChI=1S/C20H21BrN2O4S2/c1-25-17-10-18(26-2)16(21)9-14(17)11-22-23-19(24)12-27-15-5-3-13(4-6-15)20-28-7-8-29-20/h3-6,9-11,20H,7-8,12H2,1-2H3,(H,23,24)/b22-11-. The number of amides is 1. The summed E-state index contributed by atoms with van der Waals surface area (Å²) in [6, 6.07) is 11.4. The molecule has 1 amide bonds. The lowest BCUT2D eigenvalue weighted by Gasteiger charge is -2.10. The topological polar surface area (TPSA) is 69.2 Å². The first-order valence-corrected chi connectivity index (χ1v) is 11.7. The second kappa shape index (κ2) is 10.8. The van der Waals surface area contributed by atoms with Crippen LogP contribution >= 0.6 is 39.5 Å². The highest BCUT2D eigenvalue weighted by atomic mass is 79.9. The number of rotatable bonds is 8. The third-order valence-corrected chi connectivity index (χ3v) is 7.77. The van der Waals surface area contributed by atoms with E-state index in [4.69, 9.17) is 14.2 Å². The number of carbonyl (C=O) groups is 1. The zero-order valence-electron chi connectivity index (χ0n) is 16.0. The molecule has 29 heavy (non-hydrogen) atoms. The molecule has 0 spiro atoms. The first-order chi connectivity index (χ1) is 14.1. The van der Waals surface area contributed by atoms with Crippen LogP contribution < -0.4 is 19.6 Å². The molecule has 1 aliphatic rings. The van der Waals surface area contributed by atoms with Gasteiger partial charge in [-0.05, 0) is 39.7 Å². The predicted octanol–water partition coefficient (Wildman–Crippen LogP) is 4.47. The Bertz CT molecular complexity index is 872. The Morgan fingerprint density at radius 2 is 1.86 bits per heavy atom. The fraction of sp³-hybridized carbons (Fsp3) is 0.300. The fourth-order valence-corrected chi connectivity index (χ4v) is 5.99. The molecule has 0 atom stereocenters. The van der Waals surface area contributed by atoms with Crippen molar-refractivity contribution in [2.24, 2.45) is 5.10 Å². The minimum atomic E-state index is -0.348. The van der Waals surface area contributed by atoms with Crippen LogP contribution in [0.4, 0.5) is 0 Å². The van der Waals surface area contributed by atoms with Crippen LogP contribution in [0.3, 0.4) is 0 Å². The zero-order valence-corrected chi connectivity index (χ0v) is 19.2. The number of nitrogens with one attached hydrogen (secondary N) is 1. The Labute approximate surface area is 186 Å². The maximum atomic E-state index is 12.0. The van der Waals surface area contributed by atoms with Gasteiger partial charge in [-0.15, -0.1) is 23.5 Å². The average molecular weight is 497 g/mol. The van der Waals surface area contributed by atoms with E-state index in [1.807, 2.05) is 35.7 Å². The molecule has 6 nitrogen and oxygen atoms in total. The molecule has 154 valence electrons. The van der Waals surface area contributed by atoms with Crippen LogP contribution in [0.5, 0.6) is 17.2 Å². The van der Waals surface area contributed by atoms with E-state index in [9.17, 15) is 4.79 Å². The maximum absolute atomic E-state index is 12.0. The summed E-state index contributed by atoms with van der Waals surface area (Å²) in [6.07, 6.45) is 1.51. The van der Waals surface area contributed by atoms with Gasteiger partial charge in [0.05, 0.1) is 29.5 Å². The molecule has 0 aliphatic carbocycles. The molecule has 2 aromatic carbocycles. The molecule has 0 aromatic heterocycles. The molecule has 1 saturated heterocycles. The number of carbonyl (C=O) groups excluding carboxylic acids is 1. The van der Waals surface area contributed by atoms with Crippen molar-refractivity contribution in [1.82, 2.24) is 5.43 Å². The normalized spacial score (nSPS) is 14.2.